The largest absolute Gasteiger partial charge is 0.465 e. The van der Waals surface area contributed by atoms with E-state index in [9.17, 15) is 10.2 Å². The lowest BCUT2D eigenvalue weighted by atomic mass is 9.46. The minimum atomic E-state index is -0.836. The van der Waals surface area contributed by atoms with Gasteiger partial charge in [0.15, 0.2) is 0 Å². The van der Waals surface area contributed by atoms with E-state index in [1.165, 1.54) is 18.4 Å². The molecule has 0 aromatic carbocycles. The zero-order valence-electron chi connectivity index (χ0n) is 13.8. The van der Waals surface area contributed by atoms with Crippen molar-refractivity contribution in [3.63, 3.8) is 0 Å². The van der Waals surface area contributed by atoms with Crippen molar-refractivity contribution in [1.82, 2.24) is 0 Å². The third-order valence-electron chi connectivity index (χ3n) is 8.02. The molecule has 6 atom stereocenters. The Hall–Kier alpha value is -1.06. The van der Waals surface area contributed by atoms with Crippen LogP contribution in [-0.2, 0) is 0 Å². The predicted octanol–water partition coefficient (Wildman–Crippen LogP) is 3.72. The SMILES string of the molecule is C[C@@]12C=Cc3occc3[C@@H]1CC[C@@]13C[C@@H](CC[C@@H]12)[C@@](O)(CO)C3. The van der Waals surface area contributed by atoms with Gasteiger partial charge in [-0.05, 0) is 79.3 Å². The van der Waals surface area contributed by atoms with Crippen LogP contribution in [0.25, 0.3) is 6.08 Å². The molecule has 5 rings (SSSR count). The Morgan fingerprint density at radius 1 is 1.30 bits per heavy atom. The molecule has 0 unspecified atom stereocenters. The van der Waals surface area contributed by atoms with E-state index >= 15 is 0 Å². The van der Waals surface area contributed by atoms with Crippen molar-refractivity contribution >= 4 is 6.08 Å². The van der Waals surface area contributed by atoms with E-state index in [0.29, 0.717) is 17.8 Å². The highest BCUT2D eigenvalue weighted by Crippen LogP contribution is 2.71. The molecule has 0 radical (unpaired) electrons. The molecule has 23 heavy (non-hydrogen) atoms. The molecule has 124 valence electrons. The van der Waals surface area contributed by atoms with Gasteiger partial charge in [-0.2, -0.15) is 0 Å². The van der Waals surface area contributed by atoms with Crippen molar-refractivity contribution in [3.8, 4) is 0 Å². The summed E-state index contributed by atoms with van der Waals surface area (Å²) in [6, 6.07) is 2.16. The molecule has 2 N–H and O–H groups in total. The van der Waals surface area contributed by atoms with Gasteiger partial charge < -0.3 is 14.6 Å². The first-order chi connectivity index (χ1) is 11.0. The van der Waals surface area contributed by atoms with Gasteiger partial charge in [0.2, 0.25) is 0 Å². The molecule has 4 aliphatic carbocycles. The zero-order valence-corrected chi connectivity index (χ0v) is 13.8. The standard InChI is InChI=1S/C20H26O3/c1-18-7-5-16-14(6-9-23-16)15(18)4-8-19-10-13(2-3-17(18)19)20(22,11-19)12-21/h5-7,9,13,15,17,21-22H,2-4,8,10-12H2,1H3/t13-,15+,17-,18-,19+,20+/m1/s1. The van der Waals surface area contributed by atoms with Crippen molar-refractivity contribution in [1.29, 1.82) is 0 Å². The minimum absolute atomic E-state index is 0.0754. The summed E-state index contributed by atoms with van der Waals surface area (Å²) in [5.41, 5.74) is 0.914. The Morgan fingerprint density at radius 3 is 3.00 bits per heavy atom. The quantitative estimate of drug-likeness (QED) is 0.830. The van der Waals surface area contributed by atoms with Gasteiger partial charge >= 0.3 is 0 Å². The molecule has 3 heteroatoms. The van der Waals surface area contributed by atoms with Gasteiger partial charge in [0.25, 0.3) is 0 Å². The van der Waals surface area contributed by atoms with Crippen LogP contribution >= 0.6 is 0 Å². The van der Waals surface area contributed by atoms with Gasteiger partial charge in [0.05, 0.1) is 18.5 Å². The van der Waals surface area contributed by atoms with Crippen LogP contribution < -0.4 is 0 Å². The number of allylic oxidation sites excluding steroid dienone is 1. The summed E-state index contributed by atoms with van der Waals surface area (Å²) in [6.45, 7) is 2.35. The maximum absolute atomic E-state index is 10.9. The summed E-state index contributed by atoms with van der Waals surface area (Å²) in [4.78, 5) is 0. The highest BCUT2D eigenvalue weighted by Gasteiger charge is 2.65. The van der Waals surface area contributed by atoms with Crippen LogP contribution in [0, 0.1) is 22.7 Å². The second-order valence-corrected chi connectivity index (χ2v) is 8.86. The van der Waals surface area contributed by atoms with Crippen LogP contribution in [0.15, 0.2) is 22.8 Å². The second kappa shape index (κ2) is 4.31. The van der Waals surface area contributed by atoms with Crippen molar-refractivity contribution in [3.05, 3.63) is 29.7 Å². The van der Waals surface area contributed by atoms with E-state index < -0.39 is 5.60 Å². The molecule has 0 aliphatic heterocycles. The van der Waals surface area contributed by atoms with Gasteiger partial charge in [-0.3, -0.25) is 0 Å². The average molecular weight is 314 g/mol. The Morgan fingerprint density at radius 2 is 2.17 bits per heavy atom. The van der Waals surface area contributed by atoms with Crippen LogP contribution in [0.5, 0.6) is 0 Å². The van der Waals surface area contributed by atoms with Crippen LogP contribution in [0.4, 0.5) is 0 Å². The smallest absolute Gasteiger partial charge is 0.129 e. The Bertz CT molecular complexity index is 676. The molecule has 0 saturated heterocycles. The topological polar surface area (TPSA) is 53.6 Å². The maximum Gasteiger partial charge on any atom is 0.129 e. The van der Waals surface area contributed by atoms with Crippen LogP contribution in [0.1, 0.15) is 62.7 Å². The van der Waals surface area contributed by atoms with Gasteiger partial charge in [-0.1, -0.05) is 13.0 Å². The van der Waals surface area contributed by atoms with E-state index in [4.69, 9.17) is 4.42 Å². The molecule has 4 aliphatic rings. The Labute approximate surface area is 137 Å². The van der Waals surface area contributed by atoms with E-state index in [1.807, 2.05) is 6.26 Å². The summed E-state index contributed by atoms with van der Waals surface area (Å²) in [6.07, 6.45) is 12.9. The number of fused-ring (bicyclic) bond motifs is 5. The molecule has 1 aromatic rings. The fourth-order valence-electron chi connectivity index (χ4n) is 7.06. The van der Waals surface area contributed by atoms with E-state index in [-0.39, 0.29) is 17.4 Å². The van der Waals surface area contributed by atoms with Gasteiger partial charge in [0.1, 0.15) is 5.76 Å². The first-order valence-corrected chi connectivity index (χ1v) is 9.11. The van der Waals surface area contributed by atoms with Gasteiger partial charge in [-0.15, -0.1) is 0 Å². The lowest BCUT2D eigenvalue weighted by molar-refractivity contribution is -0.0517. The second-order valence-electron chi connectivity index (χ2n) is 8.86. The summed E-state index contributed by atoms with van der Waals surface area (Å²) in [5, 5.41) is 20.7. The third-order valence-corrected chi connectivity index (χ3v) is 8.02. The average Bonchev–Trinajstić information content (AvgIpc) is 3.09. The monoisotopic (exact) mass is 314 g/mol. The Kier molecular flexibility index (Phi) is 2.68. The van der Waals surface area contributed by atoms with E-state index in [1.54, 1.807) is 0 Å². The summed E-state index contributed by atoms with van der Waals surface area (Å²) >= 11 is 0. The zero-order chi connectivity index (χ0) is 15.9. The van der Waals surface area contributed by atoms with Crippen molar-refractivity contribution < 1.29 is 14.6 Å². The number of hydrogen-bond donors (Lipinski definition) is 2. The van der Waals surface area contributed by atoms with Crippen LogP contribution in [0.2, 0.25) is 0 Å². The normalized spacial score (nSPS) is 50.3. The van der Waals surface area contributed by atoms with E-state index in [2.05, 4.69) is 25.1 Å². The van der Waals surface area contributed by atoms with Crippen LogP contribution in [-0.4, -0.2) is 22.4 Å². The molecular formula is C20H26O3. The van der Waals surface area contributed by atoms with Crippen LogP contribution in [0.3, 0.4) is 0 Å². The fourth-order valence-corrected chi connectivity index (χ4v) is 7.06. The van der Waals surface area contributed by atoms with Gasteiger partial charge in [-0.25, -0.2) is 0 Å². The predicted molar refractivity (Wildman–Crippen MR) is 87.7 cm³/mol. The van der Waals surface area contributed by atoms with Crippen molar-refractivity contribution in [2.45, 2.75) is 57.0 Å². The minimum Gasteiger partial charge on any atom is -0.465 e. The molecule has 1 aromatic heterocycles. The van der Waals surface area contributed by atoms with Crippen molar-refractivity contribution in [2.24, 2.45) is 22.7 Å². The maximum atomic E-state index is 10.9. The number of rotatable bonds is 1. The lowest BCUT2D eigenvalue weighted by Crippen LogP contribution is -2.49. The fraction of sp³-hybridized carbons (Fsp3) is 0.700. The molecule has 3 nitrogen and oxygen atoms in total. The molecule has 2 bridgehead atoms. The van der Waals surface area contributed by atoms with E-state index in [0.717, 1.165) is 31.4 Å². The van der Waals surface area contributed by atoms with Crippen molar-refractivity contribution in [2.75, 3.05) is 6.61 Å². The summed E-state index contributed by atoms with van der Waals surface area (Å²) in [5.74, 6) is 2.47. The number of aliphatic hydroxyl groups excluding tert-OH is 1. The summed E-state index contributed by atoms with van der Waals surface area (Å²) < 4.78 is 5.64. The number of hydrogen-bond acceptors (Lipinski definition) is 3. The third kappa shape index (κ3) is 1.63. The molecule has 3 saturated carbocycles. The summed E-state index contributed by atoms with van der Waals surface area (Å²) in [7, 11) is 0. The highest BCUT2D eigenvalue weighted by molar-refractivity contribution is 5.55. The Balaban J connectivity index is 1.58. The number of aliphatic hydroxyl groups is 2. The molecule has 3 fully saturated rings. The molecule has 0 amide bonds. The highest BCUT2D eigenvalue weighted by atomic mass is 16.3. The first kappa shape index (κ1) is 14.3. The molecular weight excluding hydrogens is 288 g/mol. The lowest BCUT2D eigenvalue weighted by Gasteiger charge is -2.58. The first-order valence-electron chi connectivity index (χ1n) is 9.11. The number of furan rings is 1. The van der Waals surface area contributed by atoms with Gasteiger partial charge in [0, 0.05) is 5.56 Å². The molecule has 1 spiro atoms. The molecule has 1 heterocycles.